The summed E-state index contributed by atoms with van der Waals surface area (Å²) in [6, 6.07) is 4.42. The van der Waals surface area contributed by atoms with Crippen LogP contribution < -0.4 is 5.73 Å². The molecule has 1 unspecified atom stereocenters. The first kappa shape index (κ1) is 13.4. The molecule has 1 aromatic rings. The molecule has 1 fully saturated rings. The summed E-state index contributed by atoms with van der Waals surface area (Å²) in [6.45, 7) is 1.84. The van der Waals surface area contributed by atoms with Gasteiger partial charge in [0.15, 0.2) is 0 Å². The fraction of sp³-hybridized carbons (Fsp3) is 0.417. The second-order valence-electron chi connectivity index (χ2n) is 4.66. The van der Waals surface area contributed by atoms with Gasteiger partial charge in [-0.2, -0.15) is 0 Å². The number of nitro benzene ring substituents is 1. The summed E-state index contributed by atoms with van der Waals surface area (Å²) in [5, 5.41) is 20.0. The highest BCUT2D eigenvalue weighted by Crippen LogP contribution is 2.24. The molecular weight excluding hydrogens is 250 g/mol. The van der Waals surface area contributed by atoms with Gasteiger partial charge in [-0.05, 0) is 12.0 Å². The fourth-order valence-corrected chi connectivity index (χ4v) is 2.36. The van der Waals surface area contributed by atoms with Gasteiger partial charge in [-0.1, -0.05) is 12.1 Å². The summed E-state index contributed by atoms with van der Waals surface area (Å²) in [4.78, 5) is 23.5. The Balaban J connectivity index is 2.31. The van der Waals surface area contributed by atoms with Crippen molar-refractivity contribution < 1.29 is 14.8 Å². The summed E-state index contributed by atoms with van der Waals surface area (Å²) in [7, 11) is 0. The summed E-state index contributed by atoms with van der Waals surface area (Å²) < 4.78 is 0. The highest BCUT2D eigenvalue weighted by molar-refractivity contribution is 5.94. The van der Waals surface area contributed by atoms with Gasteiger partial charge in [0.1, 0.15) is 5.56 Å². The Morgan fingerprint density at radius 3 is 2.84 bits per heavy atom. The zero-order valence-electron chi connectivity index (χ0n) is 10.3. The van der Waals surface area contributed by atoms with E-state index in [0.717, 1.165) is 13.0 Å². The van der Waals surface area contributed by atoms with Crippen LogP contribution in [-0.2, 0) is 6.54 Å². The first-order chi connectivity index (χ1) is 8.99. The molecule has 1 atom stereocenters. The lowest BCUT2D eigenvalue weighted by Gasteiger charge is -2.16. The van der Waals surface area contributed by atoms with Crippen molar-refractivity contribution in [3.05, 3.63) is 39.4 Å². The molecule has 19 heavy (non-hydrogen) atoms. The number of rotatable bonds is 4. The summed E-state index contributed by atoms with van der Waals surface area (Å²) in [6.07, 6.45) is 0.858. The quantitative estimate of drug-likeness (QED) is 0.616. The van der Waals surface area contributed by atoms with E-state index in [9.17, 15) is 20.0 Å². The lowest BCUT2D eigenvalue weighted by Crippen LogP contribution is -2.27. The zero-order valence-corrected chi connectivity index (χ0v) is 10.3. The van der Waals surface area contributed by atoms with Gasteiger partial charge >= 0.3 is 5.97 Å². The second kappa shape index (κ2) is 5.33. The number of likely N-dealkylation sites (tertiary alicyclic amines) is 1. The van der Waals surface area contributed by atoms with Crippen molar-refractivity contribution in [2.75, 3.05) is 13.1 Å². The second-order valence-corrected chi connectivity index (χ2v) is 4.66. The summed E-state index contributed by atoms with van der Waals surface area (Å²) in [5.41, 5.74) is 5.65. The maximum absolute atomic E-state index is 11.2. The van der Waals surface area contributed by atoms with E-state index in [2.05, 4.69) is 0 Å². The Hall–Kier alpha value is -1.99. The van der Waals surface area contributed by atoms with Crippen LogP contribution in [0.15, 0.2) is 18.2 Å². The standard InChI is InChI=1S/C12H15N3O4/c13-9-4-5-14(7-9)6-8-2-1-3-10(15(18)19)11(8)12(16)17/h1-3,9H,4-7,13H2,(H,16,17). The van der Waals surface area contributed by atoms with Gasteiger partial charge in [0.2, 0.25) is 0 Å². The first-order valence-electron chi connectivity index (χ1n) is 5.96. The van der Waals surface area contributed by atoms with Crippen molar-refractivity contribution in [1.82, 2.24) is 4.90 Å². The Labute approximate surface area is 109 Å². The van der Waals surface area contributed by atoms with E-state index < -0.39 is 10.9 Å². The molecule has 0 amide bonds. The van der Waals surface area contributed by atoms with Crippen LogP contribution in [0.2, 0.25) is 0 Å². The SMILES string of the molecule is NC1CCN(Cc2cccc([N+](=O)[O-])c2C(=O)O)C1. The van der Waals surface area contributed by atoms with Crippen molar-refractivity contribution in [1.29, 1.82) is 0 Å². The van der Waals surface area contributed by atoms with Crippen molar-refractivity contribution in [2.24, 2.45) is 5.73 Å². The molecule has 1 aromatic carbocycles. The van der Waals surface area contributed by atoms with Crippen molar-refractivity contribution in [2.45, 2.75) is 19.0 Å². The number of benzene rings is 1. The molecule has 0 aliphatic carbocycles. The number of carboxylic acids is 1. The Morgan fingerprint density at radius 2 is 2.32 bits per heavy atom. The minimum absolute atomic E-state index is 0.0898. The fourth-order valence-electron chi connectivity index (χ4n) is 2.36. The van der Waals surface area contributed by atoms with Gasteiger partial charge in [0, 0.05) is 31.7 Å². The van der Waals surface area contributed by atoms with Crippen molar-refractivity contribution in [3.8, 4) is 0 Å². The summed E-state index contributed by atoms with van der Waals surface area (Å²) >= 11 is 0. The molecule has 0 spiro atoms. The molecule has 0 saturated carbocycles. The van der Waals surface area contributed by atoms with Gasteiger partial charge < -0.3 is 10.8 Å². The molecule has 1 heterocycles. The van der Waals surface area contributed by atoms with E-state index in [-0.39, 0.29) is 17.3 Å². The van der Waals surface area contributed by atoms with E-state index in [1.807, 2.05) is 4.90 Å². The smallest absolute Gasteiger partial charge is 0.343 e. The van der Waals surface area contributed by atoms with Crippen molar-refractivity contribution >= 4 is 11.7 Å². The third-order valence-electron chi connectivity index (χ3n) is 3.24. The molecular formula is C12H15N3O4. The van der Waals surface area contributed by atoms with Crippen LogP contribution in [0.5, 0.6) is 0 Å². The molecule has 1 aliphatic rings. The third-order valence-corrected chi connectivity index (χ3v) is 3.24. The molecule has 0 radical (unpaired) electrons. The molecule has 0 bridgehead atoms. The summed E-state index contributed by atoms with van der Waals surface area (Å²) in [5.74, 6) is -1.27. The molecule has 102 valence electrons. The molecule has 7 heteroatoms. The topological polar surface area (TPSA) is 110 Å². The monoisotopic (exact) mass is 265 g/mol. The van der Waals surface area contributed by atoms with Gasteiger partial charge in [0.05, 0.1) is 4.92 Å². The number of nitrogens with zero attached hydrogens (tertiary/aromatic N) is 2. The Bertz CT molecular complexity index is 518. The number of carbonyl (C=O) groups is 1. The van der Waals surface area contributed by atoms with Crippen LogP contribution in [0, 0.1) is 10.1 Å². The number of aromatic carboxylic acids is 1. The maximum atomic E-state index is 11.2. The van der Waals surface area contributed by atoms with E-state index in [0.29, 0.717) is 18.7 Å². The maximum Gasteiger partial charge on any atom is 0.343 e. The average Bonchev–Trinajstić information content (AvgIpc) is 2.74. The lowest BCUT2D eigenvalue weighted by atomic mass is 10.0. The minimum Gasteiger partial charge on any atom is -0.477 e. The van der Waals surface area contributed by atoms with E-state index >= 15 is 0 Å². The number of nitro groups is 1. The van der Waals surface area contributed by atoms with Crippen molar-refractivity contribution in [3.63, 3.8) is 0 Å². The number of hydrogen-bond donors (Lipinski definition) is 2. The van der Waals surface area contributed by atoms with Crippen LogP contribution >= 0.6 is 0 Å². The first-order valence-corrected chi connectivity index (χ1v) is 5.96. The van der Waals surface area contributed by atoms with Crippen LogP contribution in [0.1, 0.15) is 22.3 Å². The van der Waals surface area contributed by atoms with Gasteiger partial charge in [0.25, 0.3) is 5.69 Å². The van der Waals surface area contributed by atoms with E-state index in [4.69, 9.17) is 5.73 Å². The number of hydrogen-bond acceptors (Lipinski definition) is 5. The minimum atomic E-state index is -1.27. The normalized spacial score (nSPS) is 19.5. The predicted molar refractivity (Wildman–Crippen MR) is 67.9 cm³/mol. The van der Waals surface area contributed by atoms with E-state index in [1.165, 1.54) is 12.1 Å². The third kappa shape index (κ3) is 2.88. The molecule has 1 saturated heterocycles. The van der Waals surface area contributed by atoms with Gasteiger partial charge in [-0.25, -0.2) is 4.79 Å². The molecule has 2 rings (SSSR count). The molecule has 3 N–H and O–H groups in total. The lowest BCUT2D eigenvalue weighted by molar-refractivity contribution is -0.385. The Morgan fingerprint density at radius 1 is 1.58 bits per heavy atom. The number of carboxylic acid groups (broad SMARTS) is 1. The molecule has 7 nitrogen and oxygen atoms in total. The van der Waals surface area contributed by atoms with Crippen LogP contribution in [0.3, 0.4) is 0 Å². The molecule has 1 aliphatic heterocycles. The average molecular weight is 265 g/mol. The molecule has 0 aromatic heterocycles. The van der Waals surface area contributed by atoms with Crippen LogP contribution in [-0.4, -0.2) is 40.0 Å². The number of nitrogens with two attached hydrogens (primary N) is 1. The van der Waals surface area contributed by atoms with Gasteiger partial charge in [-0.15, -0.1) is 0 Å². The predicted octanol–water partition coefficient (Wildman–Crippen LogP) is 0.826. The zero-order chi connectivity index (χ0) is 14.0. The van der Waals surface area contributed by atoms with E-state index in [1.54, 1.807) is 6.07 Å². The van der Waals surface area contributed by atoms with Gasteiger partial charge in [-0.3, -0.25) is 15.0 Å². The van der Waals surface area contributed by atoms with Crippen LogP contribution in [0.4, 0.5) is 5.69 Å². The highest BCUT2D eigenvalue weighted by Gasteiger charge is 2.26. The highest BCUT2D eigenvalue weighted by atomic mass is 16.6. The van der Waals surface area contributed by atoms with Crippen LogP contribution in [0.25, 0.3) is 0 Å². The largest absolute Gasteiger partial charge is 0.477 e. The Kier molecular flexibility index (Phi) is 3.77.